The topological polar surface area (TPSA) is 3.24 Å². The van der Waals surface area contributed by atoms with E-state index in [0.29, 0.717) is 0 Å². The number of rotatable bonds is 7. The summed E-state index contributed by atoms with van der Waals surface area (Å²) in [4.78, 5) is 2.70. The van der Waals surface area contributed by atoms with Crippen LogP contribution >= 0.6 is 0 Å². The Morgan fingerprint density at radius 3 is 1.83 bits per heavy atom. The fourth-order valence-corrected chi connectivity index (χ4v) is 1.64. The molecule has 0 heterocycles. The lowest BCUT2D eigenvalue weighted by Gasteiger charge is -2.21. The lowest BCUT2D eigenvalue weighted by Crippen LogP contribution is -2.28. The summed E-state index contributed by atoms with van der Waals surface area (Å²) < 4.78 is 0. The van der Waals surface area contributed by atoms with E-state index >= 15 is 0 Å². The number of hydrogen-bond donors (Lipinski definition) is 0. The fourth-order valence-electron chi connectivity index (χ4n) is 1.64. The maximum Gasteiger partial charge on any atom is 0.00964 e. The zero-order valence-electron chi connectivity index (χ0n) is 8.68. The van der Waals surface area contributed by atoms with Crippen LogP contribution in [0.1, 0.15) is 52.4 Å². The molecule has 0 unspecified atom stereocenters. The van der Waals surface area contributed by atoms with Crippen molar-refractivity contribution in [2.75, 3.05) is 13.1 Å². The average Bonchev–Trinajstić information content (AvgIpc) is 2.88. The Morgan fingerprint density at radius 2 is 1.50 bits per heavy atom. The zero-order valence-corrected chi connectivity index (χ0v) is 8.68. The van der Waals surface area contributed by atoms with Crippen molar-refractivity contribution in [2.45, 2.75) is 58.4 Å². The van der Waals surface area contributed by atoms with Crippen molar-refractivity contribution >= 4 is 0 Å². The van der Waals surface area contributed by atoms with Crippen molar-refractivity contribution in [1.29, 1.82) is 0 Å². The Kier molecular flexibility index (Phi) is 4.67. The highest BCUT2D eigenvalue weighted by Crippen LogP contribution is 2.27. The van der Waals surface area contributed by atoms with Gasteiger partial charge in [0.15, 0.2) is 0 Å². The number of nitrogens with zero attached hydrogens (tertiary/aromatic N) is 1. The molecule has 0 bridgehead atoms. The first-order valence-corrected chi connectivity index (χ1v) is 5.62. The monoisotopic (exact) mass is 169 g/mol. The van der Waals surface area contributed by atoms with Gasteiger partial charge in [0.25, 0.3) is 0 Å². The van der Waals surface area contributed by atoms with Gasteiger partial charge in [-0.05, 0) is 38.8 Å². The molecule has 0 atom stereocenters. The Balaban J connectivity index is 2.09. The van der Waals surface area contributed by atoms with Gasteiger partial charge in [-0.3, -0.25) is 0 Å². The van der Waals surface area contributed by atoms with Crippen molar-refractivity contribution in [3.63, 3.8) is 0 Å². The van der Waals surface area contributed by atoms with Crippen molar-refractivity contribution in [3.05, 3.63) is 0 Å². The molecule has 1 rings (SSSR count). The number of unbranched alkanes of at least 4 members (excludes halogenated alkanes) is 2. The lowest BCUT2D eigenvalue weighted by atomic mass is 10.2. The predicted octanol–water partition coefficient (Wildman–Crippen LogP) is 3.05. The van der Waals surface area contributed by atoms with Gasteiger partial charge in [0.2, 0.25) is 0 Å². The second-order valence-corrected chi connectivity index (χ2v) is 3.97. The molecule has 0 spiro atoms. The van der Waals surface area contributed by atoms with E-state index in [2.05, 4.69) is 18.7 Å². The van der Waals surface area contributed by atoms with E-state index in [1.807, 2.05) is 0 Å². The molecule has 0 amide bonds. The van der Waals surface area contributed by atoms with Crippen LogP contribution in [0.5, 0.6) is 0 Å². The van der Waals surface area contributed by atoms with Crippen LogP contribution in [-0.2, 0) is 0 Å². The first-order chi connectivity index (χ1) is 5.88. The third kappa shape index (κ3) is 3.57. The van der Waals surface area contributed by atoms with E-state index in [9.17, 15) is 0 Å². The SMILES string of the molecule is CCCCN(CCCC)C1CC1. The summed E-state index contributed by atoms with van der Waals surface area (Å²) in [6.07, 6.45) is 8.39. The molecule has 1 saturated carbocycles. The van der Waals surface area contributed by atoms with E-state index in [1.54, 1.807) is 0 Å². The van der Waals surface area contributed by atoms with Crippen LogP contribution in [0.3, 0.4) is 0 Å². The normalized spacial score (nSPS) is 17.2. The Labute approximate surface area is 77.1 Å². The molecular weight excluding hydrogens is 146 g/mol. The van der Waals surface area contributed by atoms with E-state index in [4.69, 9.17) is 0 Å². The molecule has 1 nitrogen and oxygen atoms in total. The predicted molar refractivity (Wildman–Crippen MR) is 54.4 cm³/mol. The lowest BCUT2D eigenvalue weighted by molar-refractivity contribution is 0.255. The maximum atomic E-state index is 2.70. The molecule has 1 heteroatoms. The molecule has 0 radical (unpaired) electrons. The van der Waals surface area contributed by atoms with Crippen LogP contribution in [0.25, 0.3) is 0 Å². The highest BCUT2D eigenvalue weighted by atomic mass is 15.2. The van der Waals surface area contributed by atoms with Gasteiger partial charge in [0.1, 0.15) is 0 Å². The minimum Gasteiger partial charge on any atom is -0.300 e. The average molecular weight is 169 g/mol. The molecule has 1 aliphatic rings. The highest BCUT2D eigenvalue weighted by Gasteiger charge is 2.27. The van der Waals surface area contributed by atoms with Crippen molar-refractivity contribution in [3.8, 4) is 0 Å². The quantitative estimate of drug-likeness (QED) is 0.566. The standard InChI is InChI=1S/C11H23N/c1-3-5-9-12(10-6-4-2)11-7-8-11/h11H,3-10H2,1-2H3. The molecule has 1 aliphatic carbocycles. The summed E-state index contributed by atoms with van der Waals surface area (Å²) >= 11 is 0. The third-order valence-corrected chi connectivity index (χ3v) is 2.66. The van der Waals surface area contributed by atoms with Crippen LogP contribution in [0.2, 0.25) is 0 Å². The summed E-state index contributed by atoms with van der Waals surface area (Å²) in [6.45, 7) is 7.26. The Morgan fingerprint density at radius 1 is 1.00 bits per heavy atom. The van der Waals surface area contributed by atoms with Gasteiger partial charge >= 0.3 is 0 Å². The molecule has 0 aromatic carbocycles. The first-order valence-electron chi connectivity index (χ1n) is 5.62. The second kappa shape index (κ2) is 5.58. The van der Waals surface area contributed by atoms with Gasteiger partial charge in [0.05, 0.1) is 0 Å². The largest absolute Gasteiger partial charge is 0.300 e. The van der Waals surface area contributed by atoms with E-state index in [1.165, 1.54) is 51.6 Å². The summed E-state index contributed by atoms with van der Waals surface area (Å²) in [5.41, 5.74) is 0. The third-order valence-electron chi connectivity index (χ3n) is 2.66. The van der Waals surface area contributed by atoms with Crippen LogP contribution in [0.15, 0.2) is 0 Å². The second-order valence-electron chi connectivity index (χ2n) is 3.97. The van der Waals surface area contributed by atoms with Crippen molar-refractivity contribution < 1.29 is 0 Å². The van der Waals surface area contributed by atoms with Gasteiger partial charge in [-0.2, -0.15) is 0 Å². The van der Waals surface area contributed by atoms with Gasteiger partial charge < -0.3 is 4.90 Å². The Bertz CT molecular complexity index is 99.6. The van der Waals surface area contributed by atoms with E-state index in [-0.39, 0.29) is 0 Å². The summed E-state index contributed by atoms with van der Waals surface area (Å²) in [5.74, 6) is 0. The molecule has 0 aromatic heterocycles. The van der Waals surface area contributed by atoms with Crippen LogP contribution in [0.4, 0.5) is 0 Å². The number of hydrogen-bond acceptors (Lipinski definition) is 1. The van der Waals surface area contributed by atoms with Gasteiger partial charge in [-0.1, -0.05) is 26.7 Å². The van der Waals surface area contributed by atoms with E-state index < -0.39 is 0 Å². The van der Waals surface area contributed by atoms with Crippen molar-refractivity contribution in [2.24, 2.45) is 0 Å². The van der Waals surface area contributed by atoms with Gasteiger partial charge in [-0.15, -0.1) is 0 Å². The van der Waals surface area contributed by atoms with Crippen molar-refractivity contribution in [1.82, 2.24) is 4.90 Å². The summed E-state index contributed by atoms with van der Waals surface area (Å²) in [6, 6.07) is 0.975. The highest BCUT2D eigenvalue weighted by molar-refractivity contribution is 4.84. The fraction of sp³-hybridized carbons (Fsp3) is 1.00. The molecule has 0 aliphatic heterocycles. The van der Waals surface area contributed by atoms with Crippen LogP contribution in [0, 0.1) is 0 Å². The molecule has 72 valence electrons. The molecule has 12 heavy (non-hydrogen) atoms. The molecule has 1 fully saturated rings. The minimum atomic E-state index is 0.975. The molecule has 0 aromatic rings. The Hall–Kier alpha value is -0.0400. The first kappa shape index (κ1) is 10.0. The van der Waals surface area contributed by atoms with Crippen LogP contribution in [-0.4, -0.2) is 24.0 Å². The zero-order chi connectivity index (χ0) is 8.81. The van der Waals surface area contributed by atoms with Gasteiger partial charge in [-0.25, -0.2) is 0 Å². The summed E-state index contributed by atoms with van der Waals surface area (Å²) in [5, 5.41) is 0. The molecule has 0 N–H and O–H groups in total. The van der Waals surface area contributed by atoms with Crippen LogP contribution < -0.4 is 0 Å². The smallest absolute Gasteiger partial charge is 0.00964 e. The summed E-state index contributed by atoms with van der Waals surface area (Å²) in [7, 11) is 0. The van der Waals surface area contributed by atoms with E-state index in [0.717, 1.165) is 6.04 Å². The minimum absolute atomic E-state index is 0.975. The molecular formula is C11H23N. The molecule has 0 saturated heterocycles. The maximum absolute atomic E-state index is 2.70. The van der Waals surface area contributed by atoms with Gasteiger partial charge in [0, 0.05) is 6.04 Å².